The maximum atomic E-state index is 11.4. The van der Waals surface area contributed by atoms with Crippen LogP contribution in [0.3, 0.4) is 0 Å². The van der Waals surface area contributed by atoms with Crippen LogP contribution in [0.2, 0.25) is 0 Å². The van der Waals surface area contributed by atoms with Gasteiger partial charge in [0.25, 0.3) is 0 Å². The molecule has 0 N–H and O–H groups in total. The van der Waals surface area contributed by atoms with Gasteiger partial charge in [-0.15, -0.1) is 23.7 Å². The Balaban J connectivity index is 0. The van der Waals surface area contributed by atoms with Crippen LogP contribution in [0.15, 0.2) is 17.5 Å². The number of ether oxygens (including phenoxy) is 1. The molecule has 3 nitrogen and oxygen atoms in total. The number of carbonyl (C=O) groups is 1. The van der Waals surface area contributed by atoms with Crippen molar-refractivity contribution in [2.45, 2.75) is 47.0 Å². The summed E-state index contributed by atoms with van der Waals surface area (Å²) in [5.41, 5.74) is 0. The fourth-order valence-electron chi connectivity index (χ4n) is 1.63. The Labute approximate surface area is 140 Å². The standard InChI is InChI=1S/C11H17NO2S.C5H12.ClH/c1-3-12(4-2)7-8-14-11(13)10-6-5-9-15-10;1-3-5-4-2;/h5-6,9H,3-4,7-8H2,1-2H3;3-5H2,1-2H3;1H. The molecule has 0 atom stereocenters. The lowest BCUT2D eigenvalue weighted by Crippen LogP contribution is -2.27. The van der Waals surface area contributed by atoms with E-state index in [1.165, 1.54) is 30.6 Å². The third-order valence-electron chi connectivity index (χ3n) is 2.96. The summed E-state index contributed by atoms with van der Waals surface area (Å²) in [4.78, 5) is 14.3. The number of hydrogen-bond donors (Lipinski definition) is 0. The summed E-state index contributed by atoms with van der Waals surface area (Å²) in [6.45, 7) is 11.9. The summed E-state index contributed by atoms with van der Waals surface area (Å²) < 4.78 is 5.15. The molecule has 0 aliphatic heterocycles. The van der Waals surface area contributed by atoms with E-state index in [4.69, 9.17) is 4.74 Å². The van der Waals surface area contributed by atoms with E-state index in [9.17, 15) is 4.79 Å². The van der Waals surface area contributed by atoms with Gasteiger partial charge in [0.2, 0.25) is 0 Å². The van der Waals surface area contributed by atoms with Crippen LogP contribution in [0.1, 0.15) is 56.6 Å². The van der Waals surface area contributed by atoms with Crippen molar-refractivity contribution >= 4 is 29.7 Å². The van der Waals surface area contributed by atoms with Crippen molar-refractivity contribution in [2.75, 3.05) is 26.2 Å². The lowest BCUT2D eigenvalue weighted by molar-refractivity contribution is 0.0472. The Morgan fingerprint density at radius 2 is 1.81 bits per heavy atom. The second kappa shape index (κ2) is 15.8. The predicted octanol–water partition coefficient (Wildman–Crippen LogP) is 4.87. The van der Waals surface area contributed by atoms with Crippen molar-refractivity contribution < 1.29 is 9.53 Å². The molecular formula is C16H30ClNO2S. The number of thiophene rings is 1. The van der Waals surface area contributed by atoms with Crippen molar-refractivity contribution in [3.8, 4) is 0 Å². The first kappa shape index (κ1) is 22.7. The zero-order valence-electron chi connectivity index (χ0n) is 13.8. The molecule has 0 bridgehead atoms. The fraction of sp³-hybridized carbons (Fsp3) is 0.688. The van der Waals surface area contributed by atoms with E-state index < -0.39 is 0 Å². The van der Waals surface area contributed by atoms with Crippen LogP contribution in [-0.2, 0) is 4.74 Å². The van der Waals surface area contributed by atoms with Crippen LogP contribution in [0.4, 0.5) is 0 Å². The van der Waals surface area contributed by atoms with Crippen LogP contribution in [0, 0.1) is 0 Å². The molecule has 0 aliphatic carbocycles. The molecule has 0 saturated heterocycles. The molecule has 0 radical (unpaired) electrons. The predicted molar refractivity (Wildman–Crippen MR) is 94.8 cm³/mol. The highest BCUT2D eigenvalue weighted by atomic mass is 35.5. The SMILES string of the molecule is CCCCC.CCN(CC)CCOC(=O)c1cccs1.Cl. The first-order valence-electron chi connectivity index (χ1n) is 7.62. The van der Waals surface area contributed by atoms with E-state index in [0.29, 0.717) is 11.5 Å². The Morgan fingerprint density at radius 1 is 1.19 bits per heavy atom. The summed E-state index contributed by atoms with van der Waals surface area (Å²) >= 11 is 1.41. The summed E-state index contributed by atoms with van der Waals surface area (Å²) in [6, 6.07) is 3.63. The second-order valence-electron chi connectivity index (χ2n) is 4.49. The molecule has 0 aliphatic rings. The van der Waals surface area contributed by atoms with Crippen molar-refractivity contribution in [2.24, 2.45) is 0 Å². The normalized spacial score (nSPS) is 9.57. The smallest absolute Gasteiger partial charge is 0.348 e. The van der Waals surface area contributed by atoms with Gasteiger partial charge in [0.15, 0.2) is 0 Å². The Bertz CT molecular complexity index is 325. The number of unbranched alkanes of at least 4 members (excludes halogenated alkanes) is 2. The largest absolute Gasteiger partial charge is 0.460 e. The van der Waals surface area contributed by atoms with E-state index in [1.807, 2.05) is 11.4 Å². The highest BCUT2D eigenvalue weighted by molar-refractivity contribution is 7.11. The number of likely N-dealkylation sites (N-methyl/N-ethyl adjacent to an activating group) is 1. The molecule has 0 amide bonds. The zero-order valence-corrected chi connectivity index (χ0v) is 15.4. The van der Waals surface area contributed by atoms with Crippen molar-refractivity contribution in [1.29, 1.82) is 0 Å². The minimum atomic E-state index is -0.211. The van der Waals surface area contributed by atoms with E-state index in [2.05, 4.69) is 32.6 Å². The first-order valence-corrected chi connectivity index (χ1v) is 8.50. The molecule has 0 fully saturated rings. The van der Waals surface area contributed by atoms with Gasteiger partial charge in [-0.05, 0) is 24.5 Å². The van der Waals surface area contributed by atoms with Crippen molar-refractivity contribution in [3.63, 3.8) is 0 Å². The number of hydrogen-bond acceptors (Lipinski definition) is 4. The van der Waals surface area contributed by atoms with Gasteiger partial charge in [0.05, 0.1) is 0 Å². The average Bonchev–Trinajstić information content (AvgIpc) is 2.99. The minimum absolute atomic E-state index is 0. The van der Waals surface area contributed by atoms with Gasteiger partial charge in [-0.3, -0.25) is 0 Å². The highest BCUT2D eigenvalue weighted by Gasteiger charge is 2.08. The highest BCUT2D eigenvalue weighted by Crippen LogP contribution is 2.09. The first-order chi connectivity index (χ1) is 9.69. The molecule has 0 spiro atoms. The molecule has 0 unspecified atom stereocenters. The summed E-state index contributed by atoms with van der Waals surface area (Å²) in [5, 5.41) is 1.88. The van der Waals surface area contributed by atoms with Crippen LogP contribution in [0.5, 0.6) is 0 Å². The van der Waals surface area contributed by atoms with E-state index in [-0.39, 0.29) is 18.4 Å². The summed E-state index contributed by atoms with van der Waals surface area (Å²) in [5.74, 6) is -0.211. The molecule has 1 heterocycles. The molecular weight excluding hydrogens is 306 g/mol. The van der Waals surface area contributed by atoms with E-state index >= 15 is 0 Å². The molecule has 0 saturated carbocycles. The van der Waals surface area contributed by atoms with Crippen LogP contribution >= 0.6 is 23.7 Å². The molecule has 1 aromatic heterocycles. The third-order valence-corrected chi connectivity index (χ3v) is 3.81. The number of carbonyl (C=O) groups excluding carboxylic acids is 1. The van der Waals surface area contributed by atoms with Gasteiger partial charge < -0.3 is 9.64 Å². The lowest BCUT2D eigenvalue weighted by Gasteiger charge is -2.17. The molecule has 5 heteroatoms. The molecule has 1 rings (SSSR count). The zero-order chi connectivity index (χ0) is 15.2. The van der Waals surface area contributed by atoms with Crippen LogP contribution in [0.25, 0.3) is 0 Å². The Hall–Kier alpha value is -0.580. The van der Waals surface area contributed by atoms with E-state index in [1.54, 1.807) is 6.07 Å². The maximum absolute atomic E-state index is 11.4. The number of nitrogens with zero attached hydrogens (tertiary/aromatic N) is 1. The van der Waals surface area contributed by atoms with Gasteiger partial charge >= 0.3 is 5.97 Å². The Morgan fingerprint density at radius 3 is 2.19 bits per heavy atom. The number of rotatable bonds is 8. The molecule has 21 heavy (non-hydrogen) atoms. The van der Waals surface area contributed by atoms with Crippen LogP contribution in [-0.4, -0.2) is 37.1 Å². The van der Waals surface area contributed by atoms with Crippen molar-refractivity contribution in [1.82, 2.24) is 4.90 Å². The number of halogens is 1. The molecule has 124 valence electrons. The van der Waals surface area contributed by atoms with Gasteiger partial charge in [-0.25, -0.2) is 4.79 Å². The van der Waals surface area contributed by atoms with E-state index in [0.717, 1.165) is 19.6 Å². The van der Waals surface area contributed by atoms with Gasteiger partial charge in [-0.1, -0.05) is 53.0 Å². The third kappa shape index (κ3) is 11.7. The molecule has 1 aromatic rings. The lowest BCUT2D eigenvalue weighted by atomic mass is 10.3. The summed E-state index contributed by atoms with van der Waals surface area (Å²) in [7, 11) is 0. The second-order valence-corrected chi connectivity index (χ2v) is 5.44. The fourth-order valence-corrected chi connectivity index (χ4v) is 2.24. The maximum Gasteiger partial charge on any atom is 0.348 e. The topological polar surface area (TPSA) is 29.5 Å². The number of esters is 1. The molecule has 0 aromatic carbocycles. The van der Waals surface area contributed by atoms with Gasteiger partial charge in [0, 0.05) is 6.54 Å². The minimum Gasteiger partial charge on any atom is -0.460 e. The van der Waals surface area contributed by atoms with Gasteiger partial charge in [0.1, 0.15) is 11.5 Å². The van der Waals surface area contributed by atoms with Gasteiger partial charge in [-0.2, -0.15) is 0 Å². The Kier molecular flexibility index (Phi) is 17.1. The van der Waals surface area contributed by atoms with Crippen molar-refractivity contribution in [3.05, 3.63) is 22.4 Å². The summed E-state index contributed by atoms with van der Waals surface area (Å²) in [6.07, 6.45) is 4.08. The van der Waals surface area contributed by atoms with Crippen LogP contribution < -0.4 is 0 Å². The monoisotopic (exact) mass is 335 g/mol. The average molecular weight is 336 g/mol. The quantitative estimate of drug-likeness (QED) is 0.635.